The molecule has 0 radical (unpaired) electrons. The molecular weight excluding hydrogens is 468 g/mol. The van der Waals surface area contributed by atoms with Crippen LogP contribution in [0.1, 0.15) is 77.3 Å². The SMILES string of the molecule is C=C1CCC(N2C(=O)c3cccc(NCc4cnn(C5CCN(CC6CCC6)CC5)c4)c3C2=O)C(=O)N1. The van der Waals surface area contributed by atoms with E-state index in [-0.39, 0.29) is 5.91 Å². The molecular formula is C28H34N6O3. The summed E-state index contributed by atoms with van der Waals surface area (Å²) in [6.45, 7) is 7.78. The van der Waals surface area contributed by atoms with Gasteiger partial charge < -0.3 is 15.5 Å². The molecule has 2 N–H and O–H groups in total. The highest BCUT2D eigenvalue weighted by atomic mass is 16.2. The van der Waals surface area contributed by atoms with Gasteiger partial charge in [0.2, 0.25) is 5.91 Å². The molecule has 4 aliphatic rings. The molecule has 1 unspecified atom stereocenters. The van der Waals surface area contributed by atoms with E-state index in [4.69, 9.17) is 0 Å². The lowest BCUT2D eigenvalue weighted by atomic mass is 9.84. The van der Waals surface area contributed by atoms with E-state index in [1.807, 2.05) is 6.20 Å². The number of nitrogens with one attached hydrogen (secondary N) is 2. The van der Waals surface area contributed by atoms with Gasteiger partial charge in [-0.05, 0) is 56.6 Å². The lowest BCUT2D eigenvalue weighted by Crippen LogP contribution is -2.51. The van der Waals surface area contributed by atoms with Crippen LogP contribution in [0, 0.1) is 5.92 Å². The van der Waals surface area contributed by atoms with Crippen molar-refractivity contribution in [2.75, 3.05) is 25.0 Å². The van der Waals surface area contributed by atoms with Gasteiger partial charge in [-0.15, -0.1) is 0 Å². The van der Waals surface area contributed by atoms with Crippen molar-refractivity contribution in [1.82, 2.24) is 24.9 Å². The summed E-state index contributed by atoms with van der Waals surface area (Å²) in [5, 5.41) is 10.6. The number of hydrogen-bond donors (Lipinski definition) is 2. The summed E-state index contributed by atoms with van der Waals surface area (Å²) in [7, 11) is 0. The monoisotopic (exact) mass is 502 g/mol. The third kappa shape index (κ3) is 4.56. The molecule has 2 aromatic rings. The van der Waals surface area contributed by atoms with E-state index in [0.717, 1.165) is 42.3 Å². The lowest BCUT2D eigenvalue weighted by Gasteiger charge is -2.36. The molecule has 1 aliphatic carbocycles. The molecule has 6 rings (SSSR count). The molecule has 194 valence electrons. The normalized spacial score (nSPS) is 23.2. The van der Waals surface area contributed by atoms with E-state index >= 15 is 0 Å². The Labute approximate surface area is 216 Å². The molecule has 0 spiro atoms. The van der Waals surface area contributed by atoms with Gasteiger partial charge in [-0.2, -0.15) is 5.10 Å². The number of anilines is 1. The van der Waals surface area contributed by atoms with Crippen LogP contribution in [0.3, 0.4) is 0 Å². The lowest BCUT2D eigenvalue weighted by molar-refractivity contribution is -0.125. The number of fused-ring (bicyclic) bond motifs is 1. The zero-order valence-corrected chi connectivity index (χ0v) is 21.1. The Balaban J connectivity index is 1.09. The van der Waals surface area contributed by atoms with Gasteiger partial charge in [0.25, 0.3) is 11.8 Å². The van der Waals surface area contributed by atoms with Crippen molar-refractivity contribution in [2.24, 2.45) is 5.92 Å². The highest BCUT2D eigenvalue weighted by Crippen LogP contribution is 2.33. The molecule has 0 bridgehead atoms. The number of benzene rings is 1. The fourth-order valence-corrected chi connectivity index (χ4v) is 6.01. The third-order valence-electron chi connectivity index (χ3n) is 8.39. The molecule has 37 heavy (non-hydrogen) atoms. The summed E-state index contributed by atoms with van der Waals surface area (Å²) in [5.74, 6) is -0.304. The molecule has 4 heterocycles. The molecule has 9 heteroatoms. The van der Waals surface area contributed by atoms with Crippen molar-refractivity contribution >= 4 is 23.4 Å². The Morgan fingerprint density at radius 3 is 2.59 bits per heavy atom. The maximum Gasteiger partial charge on any atom is 0.264 e. The Bertz CT molecular complexity index is 1240. The maximum atomic E-state index is 13.3. The molecule has 1 aromatic carbocycles. The number of piperidine rings is 2. The number of amides is 3. The van der Waals surface area contributed by atoms with Gasteiger partial charge in [0.15, 0.2) is 0 Å². The fourth-order valence-electron chi connectivity index (χ4n) is 6.01. The summed E-state index contributed by atoms with van der Waals surface area (Å²) in [5.41, 5.74) is 2.89. The van der Waals surface area contributed by atoms with Crippen LogP contribution in [-0.2, 0) is 11.3 Å². The van der Waals surface area contributed by atoms with Crippen LogP contribution in [0.15, 0.2) is 42.9 Å². The van der Waals surface area contributed by atoms with Crippen molar-refractivity contribution in [2.45, 2.75) is 63.6 Å². The summed E-state index contributed by atoms with van der Waals surface area (Å²) >= 11 is 0. The van der Waals surface area contributed by atoms with Crippen molar-refractivity contribution in [3.8, 4) is 0 Å². The number of aromatic nitrogens is 2. The van der Waals surface area contributed by atoms with Gasteiger partial charge >= 0.3 is 0 Å². The van der Waals surface area contributed by atoms with Crippen LogP contribution >= 0.6 is 0 Å². The van der Waals surface area contributed by atoms with Crippen LogP contribution in [0.4, 0.5) is 5.69 Å². The number of imide groups is 1. The molecule has 3 aliphatic heterocycles. The molecule has 1 atom stereocenters. The van der Waals surface area contributed by atoms with Crippen LogP contribution in [-0.4, -0.2) is 63.0 Å². The quantitative estimate of drug-likeness (QED) is 0.564. The topological polar surface area (TPSA) is 99.6 Å². The van der Waals surface area contributed by atoms with Gasteiger partial charge in [0.05, 0.1) is 23.4 Å². The minimum Gasteiger partial charge on any atom is -0.380 e. The smallest absolute Gasteiger partial charge is 0.264 e. The van der Waals surface area contributed by atoms with Crippen molar-refractivity contribution in [1.29, 1.82) is 0 Å². The average Bonchev–Trinajstić information content (AvgIpc) is 3.44. The van der Waals surface area contributed by atoms with E-state index in [0.29, 0.717) is 47.9 Å². The van der Waals surface area contributed by atoms with Gasteiger partial charge in [0, 0.05) is 49.3 Å². The summed E-state index contributed by atoms with van der Waals surface area (Å²) in [6.07, 6.45) is 11.3. The van der Waals surface area contributed by atoms with Crippen molar-refractivity contribution in [3.05, 3.63) is 59.6 Å². The number of allylic oxidation sites excluding steroid dienone is 1. The second kappa shape index (κ2) is 9.78. The van der Waals surface area contributed by atoms with Gasteiger partial charge in [0.1, 0.15) is 6.04 Å². The van der Waals surface area contributed by atoms with E-state index in [1.165, 1.54) is 25.8 Å². The standard InChI is InChI=1S/C28H34N6O3/c1-18-8-9-24(26(35)31-18)34-27(36)22-6-3-7-23(25(22)28(34)37)29-14-20-15-30-33(17-20)21-10-12-32(13-11-21)16-19-4-2-5-19/h3,6-7,15,17,19,21,24,29H,1-2,4-5,8-14,16H2,(H,31,35). The predicted molar refractivity (Wildman–Crippen MR) is 139 cm³/mol. The highest BCUT2D eigenvalue weighted by molar-refractivity contribution is 6.25. The number of carbonyl (C=O) groups is 3. The number of rotatable bonds is 7. The Kier molecular flexibility index (Phi) is 6.32. The second-order valence-electron chi connectivity index (χ2n) is 10.9. The minimum atomic E-state index is -0.816. The van der Waals surface area contributed by atoms with Crippen molar-refractivity contribution < 1.29 is 14.4 Å². The first-order valence-electron chi connectivity index (χ1n) is 13.5. The second-order valence-corrected chi connectivity index (χ2v) is 10.9. The molecule has 2 saturated heterocycles. The maximum absolute atomic E-state index is 13.3. The predicted octanol–water partition coefficient (Wildman–Crippen LogP) is 3.32. The Hall–Kier alpha value is -3.46. The zero-order valence-electron chi connectivity index (χ0n) is 21.1. The van der Waals surface area contributed by atoms with E-state index in [1.54, 1.807) is 18.2 Å². The fraction of sp³-hybridized carbons (Fsp3) is 0.500. The molecule has 3 fully saturated rings. The molecule has 1 saturated carbocycles. The van der Waals surface area contributed by atoms with E-state index in [9.17, 15) is 14.4 Å². The summed E-state index contributed by atoms with van der Waals surface area (Å²) in [4.78, 5) is 42.6. The van der Waals surface area contributed by atoms with E-state index in [2.05, 4.69) is 38.1 Å². The number of carbonyl (C=O) groups excluding carboxylic acids is 3. The summed E-state index contributed by atoms with van der Waals surface area (Å²) in [6, 6.07) is 4.82. The minimum absolute atomic E-state index is 0.330. The Morgan fingerprint density at radius 1 is 1.05 bits per heavy atom. The van der Waals surface area contributed by atoms with Crippen LogP contribution in [0.2, 0.25) is 0 Å². The summed E-state index contributed by atoms with van der Waals surface area (Å²) < 4.78 is 2.08. The first kappa shape index (κ1) is 23.9. The van der Waals surface area contributed by atoms with Crippen LogP contribution in [0.5, 0.6) is 0 Å². The largest absolute Gasteiger partial charge is 0.380 e. The average molecular weight is 503 g/mol. The van der Waals surface area contributed by atoms with Gasteiger partial charge in [-0.25, -0.2) is 0 Å². The Morgan fingerprint density at radius 2 is 1.86 bits per heavy atom. The number of hydrogen-bond acceptors (Lipinski definition) is 6. The molecule has 9 nitrogen and oxygen atoms in total. The van der Waals surface area contributed by atoms with Crippen LogP contribution < -0.4 is 10.6 Å². The van der Waals surface area contributed by atoms with Crippen LogP contribution in [0.25, 0.3) is 0 Å². The first-order valence-corrected chi connectivity index (χ1v) is 13.5. The zero-order chi connectivity index (χ0) is 25.5. The van der Waals surface area contributed by atoms with Gasteiger partial charge in [-0.3, -0.25) is 24.0 Å². The number of nitrogens with zero attached hydrogens (tertiary/aromatic N) is 4. The highest BCUT2D eigenvalue weighted by Gasteiger charge is 2.45. The third-order valence-corrected chi connectivity index (χ3v) is 8.39. The van der Waals surface area contributed by atoms with Crippen molar-refractivity contribution in [3.63, 3.8) is 0 Å². The van der Waals surface area contributed by atoms with E-state index < -0.39 is 17.9 Å². The number of likely N-dealkylation sites (tertiary alicyclic amines) is 1. The molecule has 1 aromatic heterocycles. The molecule has 3 amide bonds. The van der Waals surface area contributed by atoms with Gasteiger partial charge in [-0.1, -0.05) is 19.1 Å². The first-order chi connectivity index (χ1) is 18.0.